The third kappa shape index (κ3) is 4.49. The van der Waals surface area contributed by atoms with Gasteiger partial charge in [-0.3, -0.25) is 19.7 Å². The number of non-ortho nitro benzene ring substituents is 1. The van der Waals surface area contributed by atoms with E-state index in [2.05, 4.69) is 4.90 Å². The SMILES string of the molecule is CCN(CC)CCN1C(=O)C(=O)C(=C(O)c2ccccc2)[C@H]1c1cccc([N+](=O)[O-])c1. The molecule has 1 heterocycles. The first-order valence-corrected chi connectivity index (χ1v) is 10.2. The van der Waals surface area contributed by atoms with Crippen molar-refractivity contribution in [2.75, 3.05) is 26.2 Å². The first kappa shape index (κ1) is 22.2. The van der Waals surface area contributed by atoms with Crippen LogP contribution in [0, 0.1) is 10.1 Å². The highest BCUT2D eigenvalue weighted by Crippen LogP contribution is 2.40. The lowest BCUT2D eigenvalue weighted by Gasteiger charge is -2.28. The number of nitro benzene ring substituents is 1. The molecule has 2 aromatic rings. The van der Waals surface area contributed by atoms with Crippen molar-refractivity contribution >= 4 is 23.1 Å². The van der Waals surface area contributed by atoms with Crippen molar-refractivity contribution in [3.8, 4) is 0 Å². The molecule has 2 aromatic carbocycles. The fourth-order valence-corrected chi connectivity index (χ4v) is 3.81. The van der Waals surface area contributed by atoms with Crippen molar-refractivity contribution in [3.63, 3.8) is 0 Å². The number of aliphatic hydroxyl groups excluding tert-OH is 1. The van der Waals surface area contributed by atoms with E-state index in [1.807, 2.05) is 13.8 Å². The molecule has 0 spiro atoms. The third-order valence-electron chi connectivity index (χ3n) is 5.54. The molecule has 8 nitrogen and oxygen atoms in total. The Hall–Kier alpha value is -3.52. The van der Waals surface area contributed by atoms with Crippen LogP contribution >= 0.6 is 0 Å². The summed E-state index contributed by atoms with van der Waals surface area (Å²) in [6, 6.07) is 13.4. The average molecular weight is 423 g/mol. The van der Waals surface area contributed by atoms with Gasteiger partial charge in [-0.15, -0.1) is 0 Å². The van der Waals surface area contributed by atoms with Gasteiger partial charge in [0.05, 0.1) is 16.5 Å². The summed E-state index contributed by atoms with van der Waals surface area (Å²) in [4.78, 5) is 40.2. The van der Waals surface area contributed by atoms with Crippen LogP contribution in [0.2, 0.25) is 0 Å². The summed E-state index contributed by atoms with van der Waals surface area (Å²) in [5, 5.41) is 22.2. The zero-order valence-corrected chi connectivity index (χ0v) is 17.5. The number of likely N-dealkylation sites (tertiary alicyclic amines) is 1. The van der Waals surface area contributed by atoms with E-state index in [4.69, 9.17) is 0 Å². The molecule has 1 amide bonds. The summed E-state index contributed by atoms with van der Waals surface area (Å²) >= 11 is 0. The second kappa shape index (κ2) is 9.53. The highest BCUT2D eigenvalue weighted by atomic mass is 16.6. The van der Waals surface area contributed by atoms with Gasteiger partial charge in [0, 0.05) is 30.8 Å². The van der Waals surface area contributed by atoms with Crippen molar-refractivity contribution in [2.24, 2.45) is 0 Å². The van der Waals surface area contributed by atoms with Gasteiger partial charge in [0.15, 0.2) is 0 Å². The number of rotatable bonds is 8. The number of hydrogen-bond acceptors (Lipinski definition) is 6. The highest BCUT2D eigenvalue weighted by molar-refractivity contribution is 6.46. The Kier molecular flexibility index (Phi) is 6.81. The van der Waals surface area contributed by atoms with E-state index in [1.54, 1.807) is 36.4 Å². The predicted molar refractivity (Wildman–Crippen MR) is 116 cm³/mol. The van der Waals surface area contributed by atoms with Crippen LogP contribution in [0.4, 0.5) is 5.69 Å². The van der Waals surface area contributed by atoms with E-state index in [1.165, 1.54) is 23.1 Å². The molecule has 0 saturated carbocycles. The fourth-order valence-electron chi connectivity index (χ4n) is 3.81. The van der Waals surface area contributed by atoms with Gasteiger partial charge in [-0.2, -0.15) is 0 Å². The number of aliphatic hydroxyl groups is 1. The molecule has 162 valence electrons. The molecule has 1 fully saturated rings. The maximum absolute atomic E-state index is 13.0. The standard InChI is InChI=1S/C23H25N3O5/c1-3-24(4-2)13-14-25-20(17-11-8-12-18(15-17)26(30)31)19(22(28)23(25)29)21(27)16-9-6-5-7-10-16/h5-12,15,20,27H,3-4,13-14H2,1-2H3/t20-/m1/s1. The smallest absolute Gasteiger partial charge is 0.295 e. The number of Topliss-reactive ketones (excluding diaryl/α,β-unsaturated/α-hetero) is 1. The monoisotopic (exact) mass is 423 g/mol. The average Bonchev–Trinajstić information content (AvgIpc) is 3.05. The number of nitro groups is 1. The summed E-state index contributed by atoms with van der Waals surface area (Å²) < 4.78 is 0. The molecule has 1 atom stereocenters. The Balaban J connectivity index is 2.13. The predicted octanol–water partition coefficient (Wildman–Crippen LogP) is 3.36. The summed E-state index contributed by atoms with van der Waals surface area (Å²) in [5.41, 5.74) is 0.605. The molecular weight excluding hydrogens is 398 g/mol. The molecule has 0 aromatic heterocycles. The van der Waals surface area contributed by atoms with Crippen LogP contribution in [-0.4, -0.2) is 57.7 Å². The van der Waals surface area contributed by atoms with E-state index in [0.29, 0.717) is 17.7 Å². The Labute approximate surface area is 180 Å². The second-order valence-electron chi connectivity index (χ2n) is 7.24. The van der Waals surface area contributed by atoms with E-state index >= 15 is 0 Å². The van der Waals surface area contributed by atoms with Gasteiger partial charge in [0.1, 0.15) is 5.76 Å². The molecule has 0 bridgehead atoms. The van der Waals surface area contributed by atoms with Gasteiger partial charge in [-0.25, -0.2) is 0 Å². The third-order valence-corrected chi connectivity index (χ3v) is 5.54. The summed E-state index contributed by atoms with van der Waals surface area (Å²) in [6.07, 6.45) is 0. The molecule has 0 radical (unpaired) electrons. The number of carbonyl (C=O) groups is 2. The lowest BCUT2D eigenvalue weighted by atomic mass is 9.95. The second-order valence-corrected chi connectivity index (χ2v) is 7.24. The van der Waals surface area contributed by atoms with Crippen LogP contribution in [0.3, 0.4) is 0 Å². The zero-order valence-electron chi connectivity index (χ0n) is 17.5. The largest absolute Gasteiger partial charge is 0.507 e. The van der Waals surface area contributed by atoms with Crippen molar-refractivity contribution in [3.05, 3.63) is 81.4 Å². The number of amides is 1. The lowest BCUT2D eigenvalue weighted by molar-refractivity contribution is -0.384. The molecule has 1 saturated heterocycles. The van der Waals surface area contributed by atoms with E-state index in [0.717, 1.165) is 13.1 Å². The number of ketones is 1. The van der Waals surface area contributed by atoms with Gasteiger partial charge in [0.25, 0.3) is 17.4 Å². The summed E-state index contributed by atoms with van der Waals surface area (Å²) in [7, 11) is 0. The molecule has 8 heteroatoms. The van der Waals surface area contributed by atoms with Crippen molar-refractivity contribution in [1.29, 1.82) is 0 Å². The van der Waals surface area contributed by atoms with Crippen LogP contribution in [0.15, 0.2) is 60.2 Å². The molecule has 0 aliphatic carbocycles. The number of likely N-dealkylation sites (N-methyl/N-ethyl adjacent to an activating group) is 1. The molecule has 1 aliphatic rings. The van der Waals surface area contributed by atoms with Gasteiger partial charge < -0.3 is 14.9 Å². The first-order chi connectivity index (χ1) is 14.9. The molecule has 3 rings (SSSR count). The maximum Gasteiger partial charge on any atom is 0.295 e. The first-order valence-electron chi connectivity index (χ1n) is 10.2. The maximum atomic E-state index is 13.0. The summed E-state index contributed by atoms with van der Waals surface area (Å²) in [6.45, 7) is 6.37. The number of nitrogens with zero attached hydrogens (tertiary/aromatic N) is 3. The quantitative estimate of drug-likeness (QED) is 0.230. The number of hydrogen-bond donors (Lipinski definition) is 1. The van der Waals surface area contributed by atoms with Crippen molar-refractivity contribution in [1.82, 2.24) is 9.80 Å². The normalized spacial score (nSPS) is 18.0. The summed E-state index contributed by atoms with van der Waals surface area (Å²) in [5.74, 6) is -1.81. The van der Waals surface area contributed by atoms with Crippen LogP contribution < -0.4 is 0 Å². The van der Waals surface area contributed by atoms with E-state index in [-0.39, 0.29) is 23.6 Å². The molecule has 0 unspecified atom stereocenters. The van der Waals surface area contributed by atoms with E-state index in [9.17, 15) is 24.8 Å². The van der Waals surface area contributed by atoms with Crippen LogP contribution in [-0.2, 0) is 9.59 Å². The minimum atomic E-state index is -0.907. The zero-order chi connectivity index (χ0) is 22.5. The topological polar surface area (TPSA) is 104 Å². The highest BCUT2D eigenvalue weighted by Gasteiger charge is 2.46. The fraction of sp³-hybridized carbons (Fsp3) is 0.304. The van der Waals surface area contributed by atoms with Crippen molar-refractivity contribution < 1.29 is 19.6 Å². The molecule has 1 N–H and O–H groups in total. The van der Waals surface area contributed by atoms with Crippen molar-refractivity contribution in [2.45, 2.75) is 19.9 Å². The Morgan fingerprint density at radius 1 is 1.10 bits per heavy atom. The number of benzene rings is 2. The molecule has 1 aliphatic heterocycles. The Bertz CT molecular complexity index is 1010. The molecule has 31 heavy (non-hydrogen) atoms. The van der Waals surface area contributed by atoms with Gasteiger partial charge in [-0.05, 0) is 18.7 Å². The minimum absolute atomic E-state index is 0.0590. The number of carbonyl (C=O) groups excluding carboxylic acids is 2. The van der Waals surface area contributed by atoms with Gasteiger partial charge >= 0.3 is 0 Å². The van der Waals surface area contributed by atoms with Crippen LogP contribution in [0.25, 0.3) is 5.76 Å². The van der Waals surface area contributed by atoms with Gasteiger partial charge in [-0.1, -0.05) is 56.3 Å². The lowest BCUT2D eigenvalue weighted by Crippen LogP contribution is -2.38. The molecular formula is C23H25N3O5. The Morgan fingerprint density at radius 3 is 2.39 bits per heavy atom. The van der Waals surface area contributed by atoms with E-state index < -0.39 is 22.7 Å². The minimum Gasteiger partial charge on any atom is -0.507 e. The van der Waals surface area contributed by atoms with Crippen LogP contribution in [0.1, 0.15) is 31.0 Å². The Morgan fingerprint density at radius 2 is 1.77 bits per heavy atom. The van der Waals surface area contributed by atoms with Crippen LogP contribution in [0.5, 0.6) is 0 Å². The van der Waals surface area contributed by atoms with Gasteiger partial charge in [0.2, 0.25) is 0 Å².